The number of benzene rings is 1. The molecule has 0 unspecified atom stereocenters. The van der Waals surface area contributed by atoms with Gasteiger partial charge in [0, 0.05) is 22.2 Å². The molecule has 4 rings (SSSR count). The normalized spacial score (nSPS) is 24.7. The van der Waals surface area contributed by atoms with Crippen molar-refractivity contribution in [1.82, 2.24) is 0 Å². The number of ether oxygens (including phenoxy) is 3. The van der Waals surface area contributed by atoms with E-state index < -0.39 is 69.7 Å². The number of carbonyl (C=O) groups is 1. The van der Waals surface area contributed by atoms with Crippen LogP contribution in [0.5, 0.6) is 11.5 Å². The number of allylic oxidation sites excluding steroid dienone is 5. The summed E-state index contributed by atoms with van der Waals surface area (Å²) in [5.41, 5.74) is 2.56. The molecule has 1 aromatic rings. The topological polar surface area (TPSA) is 111 Å². The minimum absolute atomic E-state index is 0.0492. The first kappa shape index (κ1) is 61.4. The molecule has 10 nitrogen and oxygen atoms in total. The molecule has 404 valence electrons. The van der Waals surface area contributed by atoms with Crippen LogP contribution in [0.3, 0.4) is 0 Å². The Morgan fingerprint density at radius 1 is 0.859 bits per heavy atom. The molecule has 1 aromatic carbocycles. The lowest BCUT2D eigenvalue weighted by molar-refractivity contribution is -0.373. The number of hydrogen-bond acceptors (Lipinski definition) is 10. The number of rotatable bonds is 20. The number of esters is 1. The van der Waals surface area contributed by atoms with Crippen LogP contribution >= 0.6 is 0 Å². The van der Waals surface area contributed by atoms with Gasteiger partial charge in [-0.3, -0.25) is 0 Å². The number of aliphatic hydroxyl groups excluding tert-OH is 1. The molecule has 2 saturated heterocycles. The van der Waals surface area contributed by atoms with Crippen LogP contribution in [0.15, 0.2) is 60.2 Å². The molecule has 7 atom stereocenters. The van der Waals surface area contributed by atoms with E-state index in [1.165, 1.54) is 24.5 Å². The van der Waals surface area contributed by atoms with Crippen LogP contribution in [0.1, 0.15) is 161 Å². The fourth-order valence-corrected chi connectivity index (χ4v) is 19.6. The van der Waals surface area contributed by atoms with Crippen molar-refractivity contribution in [3.63, 3.8) is 0 Å². The molecule has 71 heavy (non-hydrogen) atoms. The van der Waals surface area contributed by atoms with E-state index in [2.05, 4.69) is 175 Å². The second-order valence-electron chi connectivity index (χ2n) is 26.0. The van der Waals surface area contributed by atoms with Gasteiger partial charge in [-0.1, -0.05) is 161 Å². The Morgan fingerprint density at radius 3 is 2.00 bits per heavy atom. The van der Waals surface area contributed by atoms with Crippen LogP contribution in [0, 0.1) is 5.92 Å². The van der Waals surface area contributed by atoms with Gasteiger partial charge in [0.05, 0.1) is 24.9 Å². The summed E-state index contributed by atoms with van der Waals surface area (Å²) >= 11 is 0. The average Bonchev–Trinajstić information content (AvgIpc) is 3.62. The zero-order chi connectivity index (χ0) is 53.8. The van der Waals surface area contributed by atoms with Gasteiger partial charge < -0.3 is 41.4 Å². The van der Waals surface area contributed by atoms with E-state index in [0.717, 1.165) is 36.0 Å². The van der Waals surface area contributed by atoms with Crippen LogP contribution in [0.4, 0.5) is 0 Å². The van der Waals surface area contributed by atoms with E-state index in [9.17, 15) is 9.90 Å². The molecule has 0 radical (unpaired) electrons. The third-order valence-electron chi connectivity index (χ3n) is 16.7. The van der Waals surface area contributed by atoms with Gasteiger partial charge >= 0.3 is 14.5 Å². The lowest BCUT2D eigenvalue weighted by Gasteiger charge is -2.58. The van der Waals surface area contributed by atoms with Gasteiger partial charge in [-0.05, 0) is 104 Å². The highest BCUT2D eigenvalue weighted by Gasteiger charge is 2.69. The molecule has 0 aliphatic carbocycles. The summed E-state index contributed by atoms with van der Waals surface area (Å²) in [4.78, 5) is 14.2. The zero-order valence-electron chi connectivity index (χ0n) is 48.6. The first-order chi connectivity index (χ1) is 32.6. The summed E-state index contributed by atoms with van der Waals surface area (Å²) in [7, 11) is -9.87. The number of carbonyl (C=O) groups excluding carboxylic acids is 1. The predicted molar refractivity (Wildman–Crippen MR) is 302 cm³/mol. The van der Waals surface area contributed by atoms with Crippen molar-refractivity contribution in [2.45, 2.75) is 258 Å². The Kier molecular flexibility index (Phi) is 20.3. The SMILES string of the molecule is CC[C@H](C)CC/C=C/C=C(\C)[C@H](C/C=C/C=C/C(=O)O[C@H]1[C@@H]2O[Si](C(C)(C)C)(C(C)(C)C)OC[C@H]2O[C@]2(OCc3cc(O[Si](C)(C)C(C)(C)C)cc(O[Si](C)(C)C(C)(C)C)c32)[C@@H]1O)O[Si](CC)(CC)CC. The van der Waals surface area contributed by atoms with Gasteiger partial charge in [-0.2, -0.15) is 0 Å². The van der Waals surface area contributed by atoms with Crippen molar-refractivity contribution in [3.8, 4) is 11.5 Å². The molecule has 14 heteroatoms. The third-order valence-corrected chi connectivity index (χ3v) is 35.2. The molecule has 0 saturated carbocycles. The highest BCUT2D eigenvalue weighted by Crippen LogP contribution is 2.59. The maximum Gasteiger partial charge on any atom is 0.349 e. The van der Waals surface area contributed by atoms with Gasteiger partial charge in [-0.15, -0.1) is 0 Å². The second kappa shape index (κ2) is 23.4. The van der Waals surface area contributed by atoms with Gasteiger partial charge in [0.15, 0.2) is 20.5 Å². The first-order valence-corrected chi connectivity index (χ1v) is 37.2. The fraction of sp³-hybridized carbons (Fsp3) is 0.737. The van der Waals surface area contributed by atoms with Crippen LogP contribution in [0.2, 0.25) is 64.5 Å². The molecule has 1 spiro atoms. The van der Waals surface area contributed by atoms with E-state index >= 15 is 0 Å². The van der Waals surface area contributed by atoms with Crippen LogP contribution in [-0.4, -0.2) is 81.7 Å². The predicted octanol–water partition coefficient (Wildman–Crippen LogP) is 15.5. The fourth-order valence-electron chi connectivity index (χ4n) is 9.69. The Bertz CT molecular complexity index is 2040. The Hall–Kier alpha value is -2.12. The minimum atomic E-state index is -3.15. The molecule has 1 N–H and O–H groups in total. The molecule has 2 fully saturated rings. The molecule has 3 heterocycles. The Labute approximate surface area is 436 Å². The minimum Gasteiger partial charge on any atom is -0.543 e. The molecule has 0 aromatic heterocycles. The summed E-state index contributed by atoms with van der Waals surface area (Å²) in [6.07, 6.45) is 13.5. The average molecular weight is 1060 g/mol. The second-order valence-corrected chi connectivity index (χ2v) is 44.9. The number of fused-ring (bicyclic) bond motifs is 3. The summed E-state index contributed by atoms with van der Waals surface area (Å²) in [6.45, 7) is 48.7. The standard InChI is InChI=1S/C57H100O10Si4/c1-23-41(5)33-29-27-30-34-42(6)45(66-70(24-2,25-3)26-4)35-31-28-32-36-48(58)62-51-50-47(40-61-71(67-50,55(13,14)15)56(16,17)18)63-57(52(51)59)49-43(39-60-57)37-44(64-68(19,20)53(7,8)9)38-46(49)65-69(21,22)54(10,11)12/h27-28,30-32,34,36-38,41,45,47,50-52,59H,23-26,29,33,35,39-40H2,1-22H3/b30-27+,31-28+,36-32+,42-34+/t41-,45-,47+,50+,51-,52+,57-/m0/s1. The zero-order valence-corrected chi connectivity index (χ0v) is 52.6. The number of hydrogen-bond donors (Lipinski definition) is 1. The van der Waals surface area contributed by atoms with Crippen LogP contribution < -0.4 is 8.85 Å². The van der Waals surface area contributed by atoms with Crippen molar-refractivity contribution in [2.75, 3.05) is 6.61 Å². The summed E-state index contributed by atoms with van der Waals surface area (Å²) in [6, 6.07) is 7.13. The molecule has 3 aliphatic heterocycles. The Balaban J connectivity index is 1.76. The smallest absolute Gasteiger partial charge is 0.349 e. The highest BCUT2D eigenvalue weighted by atomic mass is 28.4. The largest absolute Gasteiger partial charge is 0.543 e. The van der Waals surface area contributed by atoms with E-state index in [4.69, 9.17) is 36.3 Å². The highest BCUT2D eigenvalue weighted by molar-refractivity contribution is 6.75. The molecule has 0 bridgehead atoms. The van der Waals surface area contributed by atoms with Crippen LogP contribution in [-0.2, 0) is 44.7 Å². The lowest BCUT2D eigenvalue weighted by atomic mass is 9.87. The third kappa shape index (κ3) is 13.8. The van der Waals surface area contributed by atoms with Crippen LogP contribution in [0.25, 0.3) is 0 Å². The van der Waals surface area contributed by atoms with Gasteiger partial charge in [0.25, 0.3) is 0 Å². The van der Waals surface area contributed by atoms with Crippen molar-refractivity contribution in [3.05, 3.63) is 71.4 Å². The quantitative estimate of drug-likeness (QED) is 0.0586. The maximum atomic E-state index is 14.2. The maximum absolute atomic E-state index is 14.2. The molecular weight excluding hydrogens is 957 g/mol. The summed E-state index contributed by atoms with van der Waals surface area (Å²) in [5.74, 6) is -0.427. The summed E-state index contributed by atoms with van der Waals surface area (Å²) in [5, 5.41) is 12.0. The van der Waals surface area contributed by atoms with Gasteiger partial charge in [0.1, 0.15) is 23.7 Å². The molecular formula is C57H100O10Si4. The van der Waals surface area contributed by atoms with Crippen molar-refractivity contribution in [2.24, 2.45) is 5.92 Å². The number of aliphatic hydroxyl groups is 1. The Morgan fingerprint density at radius 2 is 1.45 bits per heavy atom. The van der Waals surface area contributed by atoms with Gasteiger partial charge in [0.2, 0.25) is 22.4 Å². The van der Waals surface area contributed by atoms with E-state index in [-0.39, 0.29) is 39.5 Å². The van der Waals surface area contributed by atoms with Crippen molar-refractivity contribution in [1.29, 1.82) is 0 Å². The molecule has 3 aliphatic rings. The first-order valence-electron chi connectivity index (χ1n) is 27.0. The molecule has 0 amide bonds. The van der Waals surface area contributed by atoms with E-state index in [0.29, 0.717) is 23.5 Å². The van der Waals surface area contributed by atoms with Crippen molar-refractivity contribution < 1.29 is 46.2 Å². The monoisotopic (exact) mass is 1060 g/mol. The lowest BCUT2D eigenvalue weighted by Crippen LogP contribution is -2.73. The van der Waals surface area contributed by atoms with Gasteiger partial charge in [-0.25, -0.2) is 4.79 Å². The van der Waals surface area contributed by atoms with E-state index in [1.54, 1.807) is 6.08 Å². The van der Waals surface area contributed by atoms with Crippen molar-refractivity contribution >= 4 is 39.5 Å². The summed E-state index contributed by atoms with van der Waals surface area (Å²) < 4.78 is 55.7. The van der Waals surface area contributed by atoms with E-state index in [1.807, 2.05) is 18.2 Å².